The number of nitrogens with zero attached hydrogens (tertiary/aromatic N) is 1. The van der Waals surface area contributed by atoms with Crippen molar-refractivity contribution >= 4 is 0 Å². The molecule has 0 heterocycles. The molecule has 20 heavy (non-hydrogen) atoms. The predicted octanol–water partition coefficient (Wildman–Crippen LogP) is 3.67. The van der Waals surface area contributed by atoms with Crippen molar-refractivity contribution in [1.29, 1.82) is 5.26 Å². The van der Waals surface area contributed by atoms with E-state index in [0.29, 0.717) is 30.7 Å². The molecule has 0 unspecified atom stereocenters. The minimum atomic E-state index is -4.50. The van der Waals surface area contributed by atoms with Crippen molar-refractivity contribution in [2.24, 2.45) is 5.92 Å². The van der Waals surface area contributed by atoms with Crippen molar-refractivity contribution in [3.8, 4) is 6.07 Å². The van der Waals surface area contributed by atoms with Gasteiger partial charge in [0.15, 0.2) is 0 Å². The standard InChI is InChI=1S/C15H16F3NO/c16-15(17,18)14-8-11(1-4-12(14)9-19)7-10-2-5-13(20)6-3-10/h1,4,8,10,13,20H,2-3,5-7H2. The van der Waals surface area contributed by atoms with Crippen LogP contribution in [0.4, 0.5) is 13.2 Å². The van der Waals surface area contributed by atoms with Gasteiger partial charge < -0.3 is 5.11 Å². The van der Waals surface area contributed by atoms with E-state index in [4.69, 9.17) is 5.26 Å². The Hall–Kier alpha value is -1.54. The molecule has 0 aliphatic heterocycles. The van der Waals surface area contributed by atoms with Crippen molar-refractivity contribution in [3.05, 3.63) is 34.9 Å². The molecule has 1 aromatic rings. The Labute approximate surface area is 115 Å². The first-order valence-electron chi connectivity index (χ1n) is 6.68. The van der Waals surface area contributed by atoms with E-state index in [1.54, 1.807) is 12.1 Å². The van der Waals surface area contributed by atoms with Crippen LogP contribution in [0.25, 0.3) is 0 Å². The minimum absolute atomic E-state index is 0.266. The molecule has 0 saturated heterocycles. The average molecular weight is 283 g/mol. The molecular weight excluding hydrogens is 267 g/mol. The second kappa shape index (κ2) is 5.84. The number of hydrogen-bond donors (Lipinski definition) is 1. The minimum Gasteiger partial charge on any atom is -0.393 e. The lowest BCUT2D eigenvalue weighted by molar-refractivity contribution is -0.137. The highest BCUT2D eigenvalue weighted by atomic mass is 19.4. The first-order valence-corrected chi connectivity index (χ1v) is 6.68. The smallest absolute Gasteiger partial charge is 0.393 e. The summed E-state index contributed by atoms with van der Waals surface area (Å²) in [6, 6.07) is 5.51. The first-order chi connectivity index (χ1) is 9.40. The maximum Gasteiger partial charge on any atom is 0.417 e. The van der Waals surface area contributed by atoms with Gasteiger partial charge in [0.25, 0.3) is 0 Å². The van der Waals surface area contributed by atoms with Gasteiger partial charge in [0, 0.05) is 0 Å². The van der Waals surface area contributed by atoms with E-state index in [0.717, 1.165) is 18.9 Å². The first kappa shape index (κ1) is 14.9. The lowest BCUT2D eigenvalue weighted by Crippen LogP contribution is -2.19. The van der Waals surface area contributed by atoms with Crippen molar-refractivity contribution in [3.63, 3.8) is 0 Å². The Bertz CT molecular complexity index is 511. The van der Waals surface area contributed by atoms with Crippen LogP contribution in [-0.4, -0.2) is 11.2 Å². The largest absolute Gasteiger partial charge is 0.417 e. The molecule has 1 aliphatic carbocycles. The molecule has 108 valence electrons. The summed E-state index contributed by atoms with van der Waals surface area (Å²) < 4.78 is 38.6. The molecule has 0 aromatic heterocycles. The fourth-order valence-corrected chi connectivity index (χ4v) is 2.73. The summed E-state index contributed by atoms with van der Waals surface area (Å²) in [5.41, 5.74) is -0.577. The zero-order chi connectivity index (χ0) is 14.8. The van der Waals surface area contributed by atoms with E-state index >= 15 is 0 Å². The van der Waals surface area contributed by atoms with Gasteiger partial charge in [-0.15, -0.1) is 0 Å². The highest BCUT2D eigenvalue weighted by Crippen LogP contribution is 2.34. The Morgan fingerprint density at radius 2 is 1.85 bits per heavy atom. The zero-order valence-corrected chi connectivity index (χ0v) is 11.0. The predicted molar refractivity (Wildman–Crippen MR) is 67.8 cm³/mol. The van der Waals surface area contributed by atoms with Gasteiger partial charge in [0.2, 0.25) is 0 Å². The maximum absolute atomic E-state index is 12.9. The summed E-state index contributed by atoms with van der Waals surface area (Å²) in [6.45, 7) is 0. The van der Waals surface area contributed by atoms with E-state index in [1.165, 1.54) is 6.07 Å². The second-order valence-electron chi connectivity index (χ2n) is 5.37. The van der Waals surface area contributed by atoms with Gasteiger partial charge in [-0.1, -0.05) is 6.07 Å². The quantitative estimate of drug-likeness (QED) is 0.900. The van der Waals surface area contributed by atoms with Gasteiger partial charge >= 0.3 is 6.18 Å². The summed E-state index contributed by atoms with van der Waals surface area (Å²) in [5.74, 6) is 0.312. The molecule has 1 fully saturated rings. The molecule has 0 bridgehead atoms. The van der Waals surface area contributed by atoms with Crippen molar-refractivity contribution in [1.82, 2.24) is 0 Å². The van der Waals surface area contributed by atoms with Gasteiger partial charge in [-0.2, -0.15) is 18.4 Å². The Kier molecular flexibility index (Phi) is 4.34. The molecular formula is C15H16F3NO. The molecule has 2 nitrogen and oxygen atoms in total. The van der Waals surface area contributed by atoms with E-state index in [1.807, 2.05) is 0 Å². The van der Waals surface area contributed by atoms with Crippen LogP contribution in [0.15, 0.2) is 18.2 Å². The summed E-state index contributed by atoms with van der Waals surface area (Å²) in [7, 11) is 0. The molecule has 0 radical (unpaired) electrons. The monoisotopic (exact) mass is 283 g/mol. The van der Waals surface area contributed by atoms with E-state index < -0.39 is 11.7 Å². The molecule has 1 N–H and O–H groups in total. The number of aliphatic hydroxyl groups excluding tert-OH is 1. The van der Waals surface area contributed by atoms with Crippen molar-refractivity contribution in [2.45, 2.75) is 44.4 Å². The third kappa shape index (κ3) is 3.51. The number of halogens is 3. The fraction of sp³-hybridized carbons (Fsp3) is 0.533. The number of rotatable bonds is 2. The topological polar surface area (TPSA) is 44.0 Å². The lowest BCUT2D eigenvalue weighted by Gasteiger charge is -2.25. The summed E-state index contributed by atoms with van der Waals surface area (Å²) >= 11 is 0. The fourth-order valence-electron chi connectivity index (χ4n) is 2.73. The number of benzene rings is 1. The van der Waals surface area contributed by atoms with Crippen LogP contribution in [0, 0.1) is 17.2 Å². The Morgan fingerprint density at radius 3 is 2.40 bits per heavy atom. The molecule has 0 amide bonds. The highest BCUT2D eigenvalue weighted by molar-refractivity contribution is 5.42. The van der Waals surface area contributed by atoms with Gasteiger partial charge in [-0.25, -0.2) is 0 Å². The van der Waals surface area contributed by atoms with Crippen LogP contribution in [0.2, 0.25) is 0 Å². The Morgan fingerprint density at radius 1 is 1.20 bits per heavy atom. The van der Waals surface area contributed by atoms with Gasteiger partial charge in [-0.3, -0.25) is 0 Å². The van der Waals surface area contributed by atoms with Crippen LogP contribution in [0.5, 0.6) is 0 Å². The third-order valence-corrected chi connectivity index (χ3v) is 3.85. The summed E-state index contributed by atoms with van der Waals surface area (Å²) in [5, 5.41) is 18.2. The normalized spacial score (nSPS) is 23.4. The highest BCUT2D eigenvalue weighted by Gasteiger charge is 2.34. The molecule has 1 aromatic carbocycles. The SMILES string of the molecule is N#Cc1ccc(CC2CCC(O)CC2)cc1C(F)(F)F. The van der Waals surface area contributed by atoms with Crippen LogP contribution in [0.3, 0.4) is 0 Å². The molecule has 2 rings (SSSR count). The summed E-state index contributed by atoms with van der Waals surface area (Å²) in [4.78, 5) is 0. The lowest BCUT2D eigenvalue weighted by atomic mass is 9.83. The summed E-state index contributed by atoms with van der Waals surface area (Å²) in [6.07, 6.45) is -1.09. The number of alkyl halides is 3. The van der Waals surface area contributed by atoms with Crippen molar-refractivity contribution < 1.29 is 18.3 Å². The van der Waals surface area contributed by atoms with Crippen molar-refractivity contribution in [2.75, 3.05) is 0 Å². The molecule has 1 aliphatic rings. The van der Waals surface area contributed by atoms with Gasteiger partial charge in [0.1, 0.15) is 0 Å². The average Bonchev–Trinajstić information content (AvgIpc) is 2.40. The number of hydrogen-bond acceptors (Lipinski definition) is 2. The molecule has 0 spiro atoms. The zero-order valence-electron chi connectivity index (χ0n) is 11.0. The molecule has 1 saturated carbocycles. The number of nitriles is 1. The van der Waals surface area contributed by atoms with Crippen LogP contribution < -0.4 is 0 Å². The van der Waals surface area contributed by atoms with Crippen LogP contribution >= 0.6 is 0 Å². The van der Waals surface area contributed by atoms with Crippen LogP contribution in [-0.2, 0) is 12.6 Å². The Balaban J connectivity index is 2.15. The second-order valence-corrected chi connectivity index (χ2v) is 5.37. The van der Waals surface area contributed by atoms with Gasteiger partial charge in [0.05, 0.1) is 23.3 Å². The van der Waals surface area contributed by atoms with E-state index in [-0.39, 0.29) is 11.7 Å². The molecule has 0 atom stereocenters. The molecule has 5 heteroatoms. The van der Waals surface area contributed by atoms with Gasteiger partial charge in [-0.05, 0) is 55.7 Å². The van der Waals surface area contributed by atoms with Crippen LogP contribution in [0.1, 0.15) is 42.4 Å². The maximum atomic E-state index is 12.9. The van der Waals surface area contributed by atoms with E-state index in [9.17, 15) is 18.3 Å². The van der Waals surface area contributed by atoms with E-state index in [2.05, 4.69) is 0 Å². The third-order valence-electron chi connectivity index (χ3n) is 3.85. The number of aliphatic hydroxyl groups is 1.